The number of halogens is 1. The molecule has 2 heterocycles. The van der Waals surface area contributed by atoms with E-state index in [0.717, 1.165) is 16.9 Å². The maximum Gasteiger partial charge on any atom is 0.311 e. The summed E-state index contributed by atoms with van der Waals surface area (Å²) in [5.41, 5.74) is 3.31. The summed E-state index contributed by atoms with van der Waals surface area (Å²) in [7, 11) is 1.64. The zero-order valence-electron chi connectivity index (χ0n) is 18.2. The van der Waals surface area contributed by atoms with Crippen LogP contribution in [-0.2, 0) is 29.0 Å². The Hall–Kier alpha value is -3.46. The molecule has 0 spiro atoms. The average molecular weight is 442 g/mol. The summed E-state index contributed by atoms with van der Waals surface area (Å²) in [6, 6.07) is 11.2. The molecule has 0 atom stereocenters. The summed E-state index contributed by atoms with van der Waals surface area (Å²) in [5, 5.41) is 7.94. The Labute approximate surface area is 186 Å². The number of ether oxygens (including phenoxy) is 3. The molecular weight excluding hydrogens is 415 g/mol. The molecule has 8 nitrogen and oxygen atoms in total. The van der Waals surface area contributed by atoms with Gasteiger partial charge in [-0.3, -0.25) is 4.79 Å². The molecule has 0 unspecified atom stereocenters. The number of nitrogens with zero attached hydrogens (tertiary/aromatic N) is 3. The highest BCUT2D eigenvalue weighted by atomic mass is 19.1. The first-order valence-corrected chi connectivity index (χ1v) is 10.3. The predicted molar refractivity (Wildman–Crippen MR) is 117 cm³/mol. The highest BCUT2D eigenvalue weighted by Crippen LogP contribution is 2.16. The van der Waals surface area contributed by atoms with E-state index >= 15 is 0 Å². The Kier molecular flexibility index (Phi) is 8.56. The quantitative estimate of drug-likeness (QED) is 0.432. The zero-order valence-corrected chi connectivity index (χ0v) is 18.2. The minimum absolute atomic E-state index is 0.0399. The molecule has 0 fully saturated rings. The van der Waals surface area contributed by atoms with E-state index in [1.165, 1.54) is 0 Å². The molecule has 0 aliphatic heterocycles. The number of carbonyl (C=O) groups excluding carboxylic acids is 1. The van der Waals surface area contributed by atoms with Crippen molar-refractivity contribution in [1.29, 1.82) is 0 Å². The number of esters is 1. The Morgan fingerprint density at radius 3 is 2.62 bits per heavy atom. The van der Waals surface area contributed by atoms with Gasteiger partial charge in [-0.15, -0.1) is 0 Å². The average Bonchev–Trinajstić information content (AvgIpc) is 3.21. The molecule has 2 aromatic heterocycles. The molecule has 9 heteroatoms. The van der Waals surface area contributed by atoms with Crippen LogP contribution in [0.2, 0.25) is 0 Å². The van der Waals surface area contributed by atoms with Crippen LogP contribution in [0, 0.1) is 0 Å². The summed E-state index contributed by atoms with van der Waals surface area (Å²) in [5.74, 6) is 0.815. The monoisotopic (exact) mass is 442 g/mol. The van der Waals surface area contributed by atoms with E-state index in [9.17, 15) is 9.18 Å². The molecule has 1 aromatic carbocycles. The van der Waals surface area contributed by atoms with E-state index in [1.807, 2.05) is 30.5 Å². The molecule has 3 aromatic rings. The molecule has 0 bridgehead atoms. The van der Waals surface area contributed by atoms with Crippen molar-refractivity contribution in [2.45, 2.75) is 26.4 Å². The Bertz CT molecular complexity index is 990. The fraction of sp³-hybridized carbons (Fsp3) is 0.348. The molecule has 1 N–H and O–H groups in total. The molecule has 0 radical (unpaired) electrons. The van der Waals surface area contributed by atoms with Crippen molar-refractivity contribution in [2.75, 3.05) is 27.0 Å². The Balaban J connectivity index is 1.72. The van der Waals surface area contributed by atoms with Crippen LogP contribution in [0.1, 0.15) is 23.7 Å². The van der Waals surface area contributed by atoms with E-state index in [0.29, 0.717) is 37.0 Å². The minimum atomic E-state index is -0.577. The van der Waals surface area contributed by atoms with E-state index < -0.39 is 6.67 Å². The lowest BCUT2D eigenvalue weighted by molar-refractivity contribution is -0.142. The summed E-state index contributed by atoms with van der Waals surface area (Å²) < 4.78 is 29.4. The lowest BCUT2D eigenvalue weighted by Gasteiger charge is -2.06. The van der Waals surface area contributed by atoms with Gasteiger partial charge in [0, 0.05) is 30.9 Å². The van der Waals surface area contributed by atoms with Crippen LogP contribution in [-0.4, -0.2) is 47.7 Å². The van der Waals surface area contributed by atoms with E-state index in [2.05, 4.69) is 15.4 Å². The maximum absolute atomic E-state index is 12.3. The molecule has 0 aliphatic carbocycles. The van der Waals surface area contributed by atoms with Crippen molar-refractivity contribution in [1.82, 2.24) is 20.1 Å². The largest absolute Gasteiger partial charge is 0.497 e. The lowest BCUT2D eigenvalue weighted by atomic mass is 10.2. The third-order valence-electron chi connectivity index (χ3n) is 4.61. The van der Waals surface area contributed by atoms with E-state index in [4.69, 9.17) is 14.2 Å². The van der Waals surface area contributed by atoms with Crippen molar-refractivity contribution >= 4 is 5.97 Å². The molecule has 170 valence electrons. The number of carbonyl (C=O) groups is 1. The van der Waals surface area contributed by atoms with Crippen LogP contribution >= 0.6 is 0 Å². The van der Waals surface area contributed by atoms with Gasteiger partial charge in [0.25, 0.3) is 0 Å². The van der Waals surface area contributed by atoms with Gasteiger partial charge in [-0.25, -0.2) is 14.1 Å². The van der Waals surface area contributed by atoms with Gasteiger partial charge in [0.05, 0.1) is 37.7 Å². The molecule has 32 heavy (non-hydrogen) atoms. The van der Waals surface area contributed by atoms with Gasteiger partial charge in [0.15, 0.2) is 0 Å². The van der Waals surface area contributed by atoms with Crippen molar-refractivity contribution in [2.24, 2.45) is 0 Å². The van der Waals surface area contributed by atoms with Crippen LogP contribution in [0.25, 0.3) is 5.69 Å². The summed E-state index contributed by atoms with van der Waals surface area (Å²) in [6.45, 7) is 2.64. The predicted octanol–water partition coefficient (Wildman–Crippen LogP) is 3.02. The minimum Gasteiger partial charge on any atom is -0.497 e. The smallest absolute Gasteiger partial charge is 0.311 e. The van der Waals surface area contributed by atoms with Gasteiger partial charge >= 0.3 is 5.97 Å². The third-order valence-corrected chi connectivity index (χ3v) is 4.61. The van der Waals surface area contributed by atoms with Crippen molar-refractivity contribution in [3.8, 4) is 17.3 Å². The van der Waals surface area contributed by atoms with E-state index in [1.54, 1.807) is 37.0 Å². The topological polar surface area (TPSA) is 87.5 Å². The third kappa shape index (κ3) is 6.52. The van der Waals surface area contributed by atoms with Crippen LogP contribution in [0.3, 0.4) is 0 Å². The maximum atomic E-state index is 12.3. The highest BCUT2D eigenvalue weighted by Gasteiger charge is 2.15. The fourth-order valence-electron chi connectivity index (χ4n) is 3.04. The van der Waals surface area contributed by atoms with Crippen LogP contribution in [0.4, 0.5) is 4.39 Å². The standard InChI is InChI=1S/C23H27FN4O4/c1-3-31-23(29)12-21-18(14-25-13-17-4-7-20(30-2)8-5-17)16-28(27-21)19-6-9-22(26-15-19)32-11-10-24/h4-9,15-16,25H,3,10-14H2,1-2H3. The van der Waals surface area contributed by atoms with Gasteiger partial charge < -0.3 is 19.5 Å². The second-order valence-corrected chi connectivity index (χ2v) is 6.87. The number of rotatable bonds is 12. The molecule has 0 saturated carbocycles. The number of methoxy groups -OCH3 is 1. The second kappa shape index (κ2) is 11.8. The first kappa shape index (κ1) is 23.2. The van der Waals surface area contributed by atoms with E-state index in [-0.39, 0.29) is 19.0 Å². The van der Waals surface area contributed by atoms with Gasteiger partial charge in [-0.2, -0.15) is 5.10 Å². The zero-order chi connectivity index (χ0) is 22.8. The van der Waals surface area contributed by atoms with Crippen LogP contribution in [0.5, 0.6) is 11.6 Å². The first-order chi connectivity index (χ1) is 15.6. The normalized spacial score (nSPS) is 10.7. The molecule has 0 amide bonds. The molecular formula is C23H27FN4O4. The highest BCUT2D eigenvalue weighted by molar-refractivity contribution is 5.72. The van der Waals surface area contributed by atoms with Crippen LogP contribution < -0.4 is 14.8 Å². The lowest BCUT2D eigenvalue weighted by Crippen LogP contribution is -2.15. The fourth-order valence-corrected chi connectivity index (χ4v) is 3.04. The summed E-state index contributed by atoms with van der Waals surface area (Å²) in [4.78, 5) is 16.2. The number of hydrogen-bond donors (Lipinski definition) is 1. The van der Waals surface area contributed by atoms with Crippen molar-refractivity contribution in [3.05, 3.63) is 65.6 Å². The molecule has 3 rings (SSSR count). The number of aromatic nitrogens is 3. The van der Waals surface area contributed by atoms with Gasteiger partial charge in [-0.05, 0) is 30.7 Å². The second-order valence-electron chi connectivity index (χ2n) is 6.87. The number of nitrogens with one attached hydrogen (secondary N) is 1. The number of alkyl halides is 1. The SMILES string of the molecule is CCOC(=O)Cc1nn(-c2ccc(OCCF)nc2)cc1CNCc1ccc(OC)cc1. The number of benzene rings is 1. The number of hydrogen-bond acceptors (Lipinski definition) is 7. The van der Waals surface area contributed by atoms with Crippen LogP contribution in [0.15, 0.2) is 48.8 Å². The van der Waals surface area contributed by atoms with Gasteiger partial charge in [0.2, 0.25) is 5.88 Å². The molecule has 0 aliphatic rings. The summed E-state index contributed by atoms with van der Waals surface area (Å²) >= 11 is 0. The first-order valence-electron chi connectivity index (χ1n) is 10.3. The van der Waals surface area contributed by atoms with Crippen molar-refractivity contribution < 1.29 is 23.4 Å². The number of pyridine rings is 1. The Morgan fingerprint density at radius 2 is 1.97 bits per heavy atom. The Morgan fingerprint density at radius 1 is 1.16 bits per heavy atom. The van der Waals surface area contributed by atoms with Crippen molar-refractivity contribution in [3.63, 3.8) is 0 Å². The van der Waals surface area contributed by atoms with Gasteiger partial charge in [0.1, 0.15) is 19.0 Å². The molecule has 0 saturated heterocycles. The van der Waals surface area contributed by atoms with Gasteiger partial charge in [-0.1, -0.05) is 12.1 Å². The summed E-state index contributed by atoms with van der Waals surface area (Å²) in [6.07, 6.45) is 3.52.